The Morgan fingerprint density at radius 2 is 2.14 bits per heavy atom. The fraction of sp³-hybridized carbons (Fsp3) is 0.350. The molecule has 8 heteroatoms. The number of carbonyl (C=O) groups excluding carboxylic acids is 1. The van der Waals surface area contributed by atoms with Crippen molar-refractivity contribution in [3.05, 3.63) is 53.2 Å². The van der Waals surface area contributed by atoms with Gasteiger partial charge in [0.1, 0.15) is 5.82 Å². The summed E-state index contributed by atoms with van der Waals surface area (Å²) in [5.41, 5.74) is 3.26. The third-order valence-electron chi connectivity index (χ3n) is 4.72. The lowest BCUT2D eigenvalue weighted by atomic mass is 10.0. The van der Waals surface area contributed by atoms with Gasteiger partial charge < -0.3 is 9.84 Å². The Morgan fingerprint density at radius 3 is 2.96 bits per heavy atom. The number of pyridine rings is 2. The van der Waals surface area contributed by atoms with Crippen LogP contribution in [-0.2, 0) is 6.42 Å². The van der Waals surface area contributed by atoms with E-state index in [1.54, 1.807) is 0 Å². The van der Waals surface area contributed by atoms with Gasteiger partial charge in [0.15, 0.2) is 5.65 Å². The summed E-state index contributed by atoms with van der Waals surface area (Å²) in [5, 5.41) is 16.0. The molecule has 4 heterocycles. The van der Waals surface area contributed by atoms with Crippen molar-refractivity contribution >= 4 is 22.7 Å². The molecule has 8 nitrogen and oxygen atoms in total. The summed E-state index contributed by atoms with van der Waals surface area (Å²) < 4.78 is 7.25. The zero-order chi connectivity index (χ0) is 19.7. The average Bonchev–Trinajstić information content (AvgIpc) is 3.28. The Morgan fingerprint density at radius 1 is 1.29 bits per heavy atom. The lowest BCUT2D eigenvalue weighted by Gasteiger charge is -2.09. The molecule has 0 saturated carbocycles. The SMILES string of the molecule is Cc1noc2nc(C(C)C)cc(C(=O)NCCCc3nnc4ccccn34)c12. The molecule has 1 N–H and O–H groups in total. The van der Waals surface area contributed by atoms with Crippen molar-refractivity contribution in [2.75, 3.05) is 6.54 Å². The van der Waals surface area contributed by atoms with E-state index in [9.17, 15) is 4.79 Å². The number of rotatable bonds is 6. The van der Waals surface area contributed by atoms with Crippen LogP contribution in [0.15, 0.2) is 35.0 Å². The second kappa shape index (κ2) is 7.38. The molecule has 0 spiro atoms. The molecule has 0 bridgehead atoms. The molecule has 4 aromatic rings. The zero-order valence-electron chi connectivity index (χ0n) is 16.1. The first-order chi connectivity index (χ1) is 13.5. The molecule has 0 unspecified atom stereocenters. The van der Waals surface area contributed by atoms with Gasteiger partial charge in [-0.1, -0.05) is 25.1 Å². The standard InChI is InChI=1S/C20H22N6O2/c1-12(2)15-11-14(18-13(3)25-28-20(18)22-15)19(27)21-9-6-8-17-24-23-16-7-4-5-10-26(16)17/h4-5,7,10-12H,6,8-9H2,1-3H3,(H,21,27). The summed E-state index contributed by atoms with van der Waals surface area (Å²) in [7, 11) is 0. The molecule has 144 valence electrons. The molecule has 0 fully saturated rings. The Balaban J connectivity index is 1.46. The van der Waals surface area contributed by atoms with Crippen LogP contribution in [0.2, 0.25) is 0 Å². The van der Waals surface area contributed by atoms with E-state index < -0.39 is 0 Å². The summed E-state index contributed by atoms with van der Waals surface area (Å²) in [6.45, 7) is 6.41. The van der Waals surface area contributed by atoms with Crippen molar-refractivity contribution in [1.29, 1.82) is 0 Å². The van der Waals surface area contributed by atoms with Crippen LogP contribution in [0, 0.1) is 6.92 Å². The molecule has 0 saturated heterocycles. The highest BCUT2D eigenvalue weighted by atomic mass is 16.5. The van der Waals surface area contributed by atoms with E-state index in [1.807, 2.05) is 55.6 Å². The normalized spacial score (nSPS) is 11.6. The Labute approximate surface area is 162 Å². The first-order valence-electron chi connectivity index (χ1n) is 9.38. The van der Waals surface area contributed by atoms with Gasteiger partial charge in [-0.2, -0.15) is 0 Å². The van der Waals surface area contributed by atoms with Crippen molar-refractivity contribution in [2.45, 2.75) is 39.5 Å². The third-order valence-corrected chi connectivity index (χ3v) is 4.72. The Kier molecular flexibility index (Phi) is 4.77. The number of fused-ring (bicyclic) bond motifs is 2. The second-order valence-electron chi connectivity index (χ2n) is 7.10. The maximum Gasteiger partial charge on any atom is 0.259 e. The Hall–Kier alpha value is -3.29. The van der Waals surface area contributed by atoms with Gasteiger partial charge in [-0.15, -0.1) is 10.2 Å². The molecule has 0 aliphatic carbocycles. The van der Waals surface area contributed by atoms with Crippen LogP contribution in [0.1, 0.15) is 53.8 Å². The molecule has 0 atom stereocenters. The van der Waals surface area contributed by atoms with E-state index in [0.29, 0.717) is 28.9 Å². The summed E-state index contributed by atoms with van der Waals surface area (Å²) >= 11 is 0. The van der Waals surface area contributed by atoms with E-state index >= 15 is 0 Å². The minimum Gasteiger partial charge on any atom is -0.352 e. The van der Waals surface area contributed by atoms with Gasteiger partial charge in [0.2, 0.25) is 0 Å². The quantitative estimate of drug-likeness (QED) is 0.518. The fourth-order valence-corrected chi connectivity index (χ4v) is 3.19. The molecule has 0 aliphatic heterocycles. The van der Waals surface area contributed by atoms with Gasteiger partial charge in [-0.3, -0.25) is 9.20 Å². The number of nitrogens with one attached hydrogen (secondary N) is 1. The van der Waals surface area contributed by atoms with E-state index in [2.05, 4.69) is 25.7 Å². The zero-order valence-corrected chi connectivity index (χ0v) is 16.1. The first kappa shape index (κ1) is 18.1. The van der Waals surface area contributed by atoms with E-state index in [1.165, 1.54) is 0 Å². The van der Waals surface area contributed by atoms with Crippen molar-refractivity contribution < 1.29 is 9.32 Å². The predicted molar refractivity (Wildman–Crippen MR) is 104 cm³/mol. The van der Waals surface area contributed by atoms with Gasteiger partial charge in [-0.25, -0.2) is 4.98 Å². The maximum absolute atomic E-state index is 12.8. The number of carbonyl (C=O) groups is 1. The van der Waals surface area contributed by atoms with Crippen LogP contribution in [0.3, 0.4) is 0 Å². The van der Waals surface area contributed by atoms with E-state index in [0.717, 1.165) is 30.0 Å². The van der Waals surface area contributed by atoms with E-state index in [-0.39, 0.29) is 11.8 Å². The molecule has 28 heavy (non-hydrogen) atoms. The highest BCUT2D eigenvalue weighted by Crippen LogP contribution is 2.25. The van der Waals surface area contributed by atoms with Crippen molar-refractivity contribution in [3.63, 3.8) is 0 Å². The average molecular weight is 378 g/mol. The minimum absolute atomic E-state index is 0.147. The van der Waals surface area contributed by atoms with Crippen LogP contribution >= 0.6 is 0 Å². The molecule has 0 aromatic carbocycles. The molecule has 0 aliphatic rings. The first-order valence-corrected chi connectivity index (χ1v) is 9.38. The fourth-order valence-electron chi connectivity index (χ4n) is 3.19. The molecule has 4 aromatic heterocycles. The van der Waals surface area contributed by atoms with Crippen molar-refractivity contribution in [3.8, 4) is 0 Å². The van der Waals surface area contributed by atoms with Gasteiger partial charge in [0.25, 0.3) is 11.6 Å². The molecule has 1 amide bonds. The van der Waals surface area contributed by atoms with Crippen LogP contribution in [-0.4, -0.2) is 37.2 Å². The lowest BCUT2D eigenvalue weighted by molar-refractivity contribution is 0.0954. The number of hydrogen-bond donors (Lipinski definition) is 1. The van der Waals surface area contributed by atoms with Crippen LogP contribution in [0.4, 0.5) is 0 Å². The molecular formula is C20H22N6O2. The van der Waals surface area contributed by atoms with Gasteiger partial charge in [0.05, 0.1) is 16.6 Å². The van der Waals surface area contributed by atoms with Crippen LogP contribution in [0.25, 0.3) is 16.7 Å². The van der Waals surface area contributed by atoms with Crippen molar-refractivity contribution in [1.82, 2.24) is 30.1 Å². The molecular weight excluding hydrogens is 356 g/mol. The molecule has 0 radical (unpaired) electrons. The monoisotopic (exact) mass is 378 g/mol. The number of nitrogens with zero attached hydrogens (tertiary/aromatic N) is 5. The smallest absolute Gasteiger partial charge is 0.259 e. The number of amides is 1. The third kappa shape index (κ3) is 3.33. The predicted octanol–water partition coefficient (Wildman–Crippen LogP) is 3.06. The van der Waals surface area contributed by atoms with Gasteiger partial charge >= 0.3 is 0 Å². The highest BCUT2D eigenvalue weighted by Gasteiger charge is 2.19. The van der Waals surface area contributed by atoms with Crippen LogP contribution < -0.4 is 5.32 Å². The number of hydrogen-bond acceptors (Lipinski definition) is 6. The number of aryl methyl sites for hydroxylation is 2. The molecule has 4 rings (SSSR count). The minimum atomic E-state index is -0.147. The topological polar surface area (TPSA) is 98.2 Å². The largest absolute Gasteiger partial charge is 0.352 e. The van der Waals surface area contributed by atoms with Gasteiger partial charge in [0, 0.05) is 24.9 Å². The number of aromatic nitrogens is 5. The van der Waals surface area contributed by atoms with E-state index in [4.69, 9.17) is 4.52 Å². The van der Waals surface area contributed by atoms with Crippen molar-refractivity contribution in [2.24, 2.45) is 0 Å². The van der Waals surface area contributed by atoms with Crippen LogP contribution in [0.5, 0.6) is 0 Å². The lowest BCUT2D eigenvalue weighted by Crippen LogP contribution is -2.25. The second-order valence-corrected chi connectivity index (χ2v) is 7.10. The highest BCUT2D eigenvalue weighted by molar-refractivity contribution is 6.06. The summed E-state index contributed by atoms with van der Waals surface area (Å²) in [4.78, 5) is 17.3. The maximum atomic E-state index is 12.8. The Bertz CT molecular complexity index is 1140. The van der Waals surface area contributed by atoms with Gasteiger partial charge in [-0.05, 0) is 37.5 Å². The summed E-state index contributed by atoms with van der Waals surface area (Å²) in [6, 6.07) is 7.63. The summed E-state index contributed by atoms with van der Waals surface area (Å²) in [6.07, 6.45) is 3.43. The summed E-state index contributed by atoms with van der Waals surface area (Å²) in [5.74, 6) is 0.919.